The van der Waals surface area contributed by atoms with Gasteiger partial charge in [0.15, 0.2) is 5.96 Å². The van der Waals surface area contributed by atoms with E-state index >= 15 is 0 Å². The number of nitrogens with one attached hydrogen (secondary N) is 2. The standard InChI is InChI=1S/C21H34N4O4.HI/c1-25(2)20(26)15-24-21(23-14-19-6-4-5-12-29-19)22-11-13-28-16-17-7-9-18(27-3)10-8-17;/h7-10,19H,4-6,11-16H2,1-3H3,(H2,22,23,24);1H. The summed E-state index contributed by atoms with van der Waals surface area (Å²) in [7, 11) is 5.10. The van der Waals surface area contributed by atoms with E-state index in [0.717, 1.165) is 30.8 Å². The second-order valence-corrected chi connectivity index (χ2v) is 7.15. The average molecular weight is 534 g/mol. The lowest BCUT2D eigenvalue weighted by Crippen LogP contribution is -2.44. The highest BCUT2D eigenvalue weighted by Crippen LogP contribution is 2.12. The van der Waals surface area contributed by atoms with Crippen molar-refractivity contribution in [3.63, 3.8) is 0 Å². The van der Waals surface area contributed by atoms with Crippen molar-refractivity contribution in [2.24, 2.45) is 4.99 Å². The summed E-state index contributed by atoms with van der Waals surface area (Å²) in [6, 6.07) is 7.80. The summed E-state index contributed by atoms with van der Waals surface area (Å²) in [5.74, 6) is 1.38. The maximum absolute atomic E-state index is 11.8. The van der Waals surface area contributed by atoms with Crippen molar-refractivity contribution in [2.75, 3.05) is 54.1 Å². The predicted molar refractivity (Wildman–Crippen MR) is 129 cm³/mol. The minimum atomic E-state index is -0.0456. The number of amides is 1. The van der Waals surface area contributed by atoms with Crippen molar-refractivity contribution in [1.29, 1.82) is 0 Å². The molecule has 0 spiro atoms. The van der Waals surface area contributed by atoms with Crippen molar-refractivity contribution in [2.45, 2.75) is 32.0 Å². The summed E-state index contributed by atoms with van der Waals surface area (Å²) in [6.45, 7) is 3.22. The smallest absolute Gasteiger partial charge is 0.243 e. The van der Waals surface area contributed by atoms with E-state index in [1.807, 2.05) is 24.3 Å². The number of hydrogen-bond acceptors (Lipinski definition) is 5. The molecular formula is C21H35IN4O4. The van der Waals surface area contributed by atoms with E-state index in [2.05, 4.69) is 15.6 Å². The van der Waals surface area contributed by atoms with Crippen molar-refractivity contribution in [3.05, 3.63) is 29.8 Å². The van der Waals surface area contributed by atoms with Crippen LogP contribution in [0.15, 0.2) is 29.3 Å². The van der Waals surface area contributed by atoms with E-state index in [9.17, 15) is 4.79 Å². The number of methoxy groups -OCH3 is 1. The molecule has 1 aromatic carbocycles. The fourth-order valence-electron chi connectivity index (χ4n) is 2.79. The fraction of sp³-hybridized carbons (Fsp3) is 0.619. The summed E-state index contributed by atoms with van der Waals surface area (Å²) in [5, 5.41) is 6.50. The third kappa shape index (κ3) is 10.4. The third-order valence-corrected chi connectivity index (χ3v) is 4.61. The number of hydrogen-bond donors (Lipinski definition) is 2. The van der Waals surface area contributed by atoms with Crippen molar-refractivity contribution >= 4 is 35.8 Å². The summed E-state index contributed by atoms with van der Waals surface area (Å²) >= 11 is 0. The number of nitrogens with zero attached hydrogens (tertiary/aromatic N) is 2. The van der Waals surface area contributed by atoms with Crippen LogP contribution in [0.5, 0.6) is 5.75 Å². The Morgan fingerprint density at radius 2 is 2.00 bits per heavy atom. The highest BCUT2D eigenvalue weighted by Gasteiger charge is 2.14. The molecule has 1 aliphatic rings. The Bertz CT molecular complexity index is 634. The molecule has 9 heteroatoms. The number of rotatable bonds is 10. The molecule has 0 aliphatic carbocycles. The molecule has 0 bridgehead atoms. The largest absolute Gasteiger partial charge is 0.497 e. The number of ether oxygens (including phenoxy) is 3. The Kier molecular flexibility index (Phi) is 13.4. The molecule has 2 N–H and O–H groups in total. The number of carbonyl (C=O) groups is 1. The lowest BCUT2D eigenvalue weighted by molar-refractivity contribution is -0.127. The molecule has 0 aromatic heterocycles. The van der Waals surface area contributed by atoms with Crippen LogP contribution < -0.4 is 15.4 Å². The van der Waals surface area contributed by atoms with Gasteiger partial charge in [-0.05, 0) is 37.0 Å². The Labute approximate surface area is 196 Å². The summed E-state index contributed by atoms with van der Waals surface area (Å²) in [4.78, 5) is 17.8. The van der Waals surface area contributed by atoms with Gasteiger partial charge >= 0.3 is 0 Å². The molecule has 1 saturated heterocycles. The lowest BCUT2D eigenvalue weighted by Gasteiger charge is -2.24. The highest BCUT2D eigenvalue weighted by atomic mass is 127. The maximum Gasteiger partial charge on any atom is 0.243 e. The predicted octanol–water partition coefficient (Wildman–Crippen LogP) is 2.02. The SMILES string of the molecule is COc1ccc(COCCNC(=NCC(=O)N(C)C)NCC2CCCCO2)cc1.I. The molecule has 1 fully saturated rings. The molecule has 1 amide bonds. The zero-order valence-electron chi connectivity index (χ0n) is 18.2. The van der Waals surface area contributed by atoms with Gasteiger partial charge in [-0.2, -0.15) is 0 Å². The molecule has 1 aliphatic heterocycles. The van der Waals surface area contributed by atoms with Gasteiger partial charge in [0.05, 0.1) is 26.4 Å². The van der Waals surface area contributed by atoms with E-state index in [1.54, 1.807) is 21.2 Å². The van der Waals surface area contributed by atoms with Crippen LogP contribution in [0.2, 0.25) is 0 Å². The Morgan fingerprint density at radius 3 is 2.63 bits per heavy atom. The summed E-state index contributed by atoms with van der Waals surface area (Å²) < 4.78 is 16.6. The molecule has 8 nitrogen and oxygen atoms in total. The molecule has 0 saturated carbocycles. The van der Waals surface area contributed by atoms with E-state index in [4.69, 9.17) is 14.2 Å². The van der Waals surface area contributed by atoms with Crippen LogP contribution in [-0.2, 0) is 20.9 Å². The summed E-state index contributed by atoms with van der Waals surface area (Å²) in [5.41, 5.74) is 1.09. The van der Waals surface area contributed by atoms with Gasteiger partial charge in [-0.1, -0.05) is 12.1 Å². The van der Waals surface area contributed by atoms with E-state index < -0.39 is 0 Å². The Balaban J connectivity index is 0.00000450. The van der Waals surface area contributed by atoms with Crippen molar-refractivity contribution in [1.82, 2.24) is 15.5 Å². The molecule has 1 unspecified atom stereocenters. The molecular weight excluding hydrogens is 499 g/mol. The number of likely N-dealkylation sites (N-methyl/N-ethyl adjacent to an activating group) is 1. The maximum atomic E-state index is 11.8. The number of benzene rings is 1. The zero-order valence-corrected chi connectivity index (χ0v) is 20.5. The molecule has 1 atom stereocenters. The Hall–Kier alpha value is -1.59. The Morgan fingerprint density at radius 1 is 1.23 bits per heavy atom. The second kappa shape index (κ2) is 15.2. The molecule has 30 heavy (non-hydrogen) atoms. The van der Waals surface area contributed by atoms with Crippen LogP contribution in [-0.4, -0.2) is 76.9 Å². The molecule has 1 heterocycles. The zero-order chi connectivity index (χ0) is 20.9. The number of guanidine groups is 1. The van der Waals surface area contributed by atoms with Crippen LogP contribution in [0.1, 0.15) is 24.8 Å². The molecule has 0 radical (unpaired) electrons. The second-order valence-electron chi connectivity index (χ2n) is 7.15. The first-order valence-electron chi connectivity index (χ1n) is 10.1. The van der Waals surface area contributed by atoms with Crippen LogP contribution in [0.25, 0.3) is 0 Å². The lowest BCUT2D eigenvalue weighted by atomic mass is 10.1. The molecule has 170 valence electrons. The minimum absolute atomic E-state index is 0. The van der Waals surface area contributed by atoms with Crippen LogP contribution in [0.4, 0.5) is 0 Å². The third-order valence-electron chi connectivity index (χ3n) is 4.61. The van der Waals surface area contributed by atoms with Gasteiger partial charge in [-0.15, -0.1) is 24.0 Å². The monoisotopic (exact) mass is 534 g/mol. The van der Waals surface area contributed by atoms with Crippen molar-refractivity contribution in [3.8, 4) is 5.75 Å². The highest BCUT2D eigenvalue weighted by molar-refractivity contribution is 14.0. The topological polar surface area (TPSA) is 84.4 Å². The number of carbonyl (C=O) groups excluding carboxylic acids is 1. The van der Waals surface area contributed by atoms with Crippen molar-refractivity contribution < 1.29 is 19.0 Å². The first kappa shape index (κ1) is 26.4. The van der Waals surface area contributed by atoms with Gasteiger partial charge in [0.25, 0.3) is 0 Å². The van der Waals surface area contributed by atoms with Gasteiger partial charge in [0.2, 0.25) is 5.91 Å². The van der Waals surface area contributed by atoms with E-state index in [-0.39, 0.29) is 42.5 Å². The van der Waals surface area contributed by atoms with Gasteiger partial charge in [-0.3, -0.25) is 4.79 Å². The average Bonchev–Trinajstić information content (AvgIpc) is 2.75. The summed E-state index contributed by atoms with van der Waals surface area (Å²) in [6.07, 6.45) is 3.54. The van der Waals surface area contributed by atoms with Crippen LogP contribution in [0.3, 0.4) is 0 Å². The van der Waals surface area contributed by atoms with Gasteiger partial charge in [0.1, 0.15) is 12.3 Å². The minimum Gasteiger partial charge on any atom is -0.497 e. The van der Waals surface area contributed by atoms with Gasteiger partial charge in [-0.25, -0.2) is 4.99 Å². The van der Waals surface area contributed by atoms with Gasteiger partial charge < -0.3 is 29.7 Å². The fourth-order valence-corrected chi connectivity index (χ4v) is 2.79. The van der Waals surface area contributed by atoms with E-state index in [1.165, 1.54) is 11.3 Å². The van der Waals surface area contributed by atoms with Crippen LogP contribution in [0, 0.1) is 0 Å². The first-order valence-corrected chi connectivity index (χ1v) is 10.1. The normalized spacial score (nSPS) is 16.4. The number of aliphatic imine (C=N–C) groups is 1. The molecule has 1 aromatic rings. The van der Waals surface area contributed by atoms with Gasteiger partial charge in [0, 0.05) is 33.8 Å². The number of halogens is 1. The van der Waals surface area contributed by atoms with E-state index in [0.29, 0.717) is 32.3 Å². The van der Waals surface area contributed by atoms with Crippen LogP contribution >= 0.6 is 24.0 Å². The quantitative estimate of drug-likeness (QED) is 0.207. The molecule has 2 rings (SSSR count). The first-order chi connectivity index (χ1) is 14.1.